The van der Waals surface area contributed by atoms with E-state index in [2.05, 4.69) is 18.2 Å². The Morgan fingerprint density at radius 2 is 1.68 bits per heavy atom. The van der Waals surface area contributed by atoms with Crippen molar-refractivity contribution in [2.75, 3.05) is 27.2 Å². The Morgan fingerprint density at radius 3 is 2.32 bits per heavy atom. The first kappa shape index (κ1) is 22.8. The maximum absolute atomic E-state index is 12.5. The number of aliphatic carboxylic acids is 1. The minimum Gasteiger partial charge on any atom is -0.489 e. The summed E-state index contributed by atoms with van der Waals surface area (Å²) in [5.41, 5.74) is 2.37. The van der Waals surface area contributed by atoms with E-state index in [-0.39, 0.29) is 6.61 Å². The van der Waals surface area contributed by atoms with Gasteiger partial charge >= 0.3 is 11.9 Å². The van der Waals surface area contributed by atoms with Crippen LogP contribution in [0, 0.1) is 11.8 Å². The van der Waals surface area contributed by atoms with Gasteiger partial charge in [-0.25, -0.2) is 0 Å². The van der Waals surface area contributed by atoms with Gasteiger partial charge in [-0.15, -0.1) is 0 Å². The second-order valence-corrected chi connectivity index (χ2v) is 8.35. The number of carboxylic acids is 1. The summed E-state index contributed by atoms with van der Waals surface area (Å²) in [5.74, 6) is -1.77. The zero-order valence-corrected chi connectivity index (χ0v) is 18.2. The number of rotatable bonds is 11. The Kier molecular flexibility index (Phi) is 8.06. The number of likely N-dealkylation sites (N-methyl/N-ethyl adjacent to an activating group) is 1. The molecule has 0 saturated heterocycles. The Hall–Kier alpha value is -2.86. The molecular formula is C25H31NO5. The van der Waals surface area contributed by atoms with Gasteiger partial charge in [0.25, 0.3) is 0 Å². The van der Waals surface area contributed by atoms with Crippen LogP contribution in [0.2, 0.25) is 0 Å². The van der Waals surface area contributed by atoms with Gasteiger partial charge in [0.1, 0.15) is 18.5 Å². The Labute approximate surface area is 183 Å². The lowest BCUT2D eigenvalue weighted by atomic mass is 9.74. The van der Waals surface area contributed by atoms with Crippen molar-refractivity contribution in [2.45, 2.75) is 31.8 Å². The SMILES string of the molecule is CN(C)CC(COc1ccccc1CCc1ccccc1)OC(=O)C1CCC1C(=O)O. The van der Waals surface area contributed by atoms with Gasteiger partial charge in [-0.3, -0.25) is 9.59 Å². The fraction of sp³-hybridized carbons (Fsp3) is 0.440. The molecule has 0 amide bonds. The molecule has 0 aromatic heterocycles. The first-order valence-corrected chi connectivity index (χ1v) is 10.8. The number of hydrogen-bond donors (Lipinski definition) is 1. The molecule has 2 aromatic rings. The molecule has 6 nitrogen and oxygen atoms in total. The van der Waals surface area contributed by atoms with Crippen molar-refractivity contribution in [3.05, 3.63) is 65.7 Å². The summed E-state index contributed by atoms with van der Waals surface area (Å²) >= 11 is 0. The molecule has 3 unspecified atom stereocenters. The molecule has 0 heterocycles. The summed E-state index contributed by atoms with van der Waals surface area (Å²) in [6.45, 7) is 0.721. The molecule has 1 fully saturated rings. The second kappa shape index (κ2) is 11.0. The normalized spacial score (nSPS) is 18.8. The van der Waals surface area contributed by atoms with Crippen LogP contribution < -0.4 is 4.74 Å². The summed E-state index contributed by atoms with van der Waals surface area (Å²) in [6.07, 6.45) is 2.38. The van der Waals surface area contributed by atoms with E-state index in [0.717, 1.165) is 24.2 Å². The van der Waals surface area contributed by atoms with E-state index in [1.54, 1.807) is 0 Å². The summed E-state index contributed by atoms with van der Waals surface area (Å²) in [7, 11) is 3.80. The number of hydrogen-bond acceptors (Lipinski definition) is 5. The molecule has 1 N–H and O–H groups in total. The number of carboxylic acid groups (broad SMARTS) is 1. The highest BCUT2D eigenvalue weighted by Crippen LogP contribution is 2.35. The molecule has 2 aromatic carbocycles. The zero-order chi connectivity index (χ0) is 22.2. The Morgan fingerprint density at radius 1 is 1.00 bits per heavy atom. The molecule has 1 aliphatic carbocycles. The first-order valence-electron chi connectivity index (χ1n) is 10.8. The van der Waals surface area contributed by atoms with E-state index < -0.39 is 29.9 Å². The fourth-order valence-corrected chi connectivity index (χ4v) is 3.82. The quantitative estimate of drug-likeness (QED) is 0.556. The fourth-order valence-electron chi connectivity index (χ4n) is 3.82. The van der Waals surface area contributed by atoms with Gasteiger partial charge in [-0.05, 0) is 57.0 Å². The number of aryl methyl sites for hydroxylation is 2. The number of esters is 1. The van der Waals surface area contributed by atoms with Gasteiger partial charge in [-0.1, -0.05) is 48.5 Å². The van der Waals surface area contributed by atoms with Gasteiger partial charge < -0.3 is 19.5 Å². The second-order valence-electron chi connectivity index (χ2n) is 8.35. The largest absolute Gasteiger partial charge is 0.489 e. The van der Waals surface area contributed by atoms with Crippen LogP contribution in [0.3, 0.4) is 0 Å². The predicted molar refractivity (Wildman–Crippen MR) is 118 cm³/mol. The maximum Gasteiger partial charge on any atom is 0.310 e. The van der Waals surface area contributed by atoms with E-state index >= 15 is 0 Å². The predicted octanol–water partition coefficient (Wildman–Crippen LogP) is 3.43. The highest BCUT2D eigenvalue weighted by molar-refractivity contribution is 5.83. The van der Waals surface area contributed by atoms with Crippen LogP contribution in [-0.4, -0.2) is 55.3 Å². The lowest BCUT2D eigenvalue weighted by Crippen LogP contribution is -2.43. The summed E-state index contributed by atoms with van der Waals surface area (Å²) in [6, 6.07) is 18.2. The van der Waals surface area contributed by atoms with Gasteiger partial charge in [0.15, 0.2) is 0 Å². The van der Waals surface area contributed by atoms with Crippen molar-refractivity contribution in [2.24, 2.45) is 11.8 Å². The third-order valence-electron chi connectivity index (χ3n) is 5.67. The first-order chi connectivity index (χ1) is 14.9. The van der Waals surface area contributed by atoms with Crippen molar-refractivity contribution in [1.29, 1.82) is 0 Å². The summed E-state index contributed by atoms with van der Waals surface area (Å²) in [4.78, 5) is 25.7. The summed E-state index contributed by atoms with van der Waals surface area (Å²) < 4.78 is 11.7. The van der Waals surface area contributed by atoms with Crippen LogP contribution in [-0.2, 0) is 27.2 Å². The van der Waals surface area contributed by atoms with Gasteiger partial charge in [0.2, 0.25) is 0 Å². The van der Waals surface area contributed by atoms with Crippen molar-refractivity contribution in [1.82, 2.24) is 4.90 Å². The number of benzene rings is 2. The van der Waals surface area contributed by atoms with E-state index in [9.17, 15) is 14.7 Å². The van der Waals surface area contributed by atoms with Gasteiger partial charge in [0.05, 0.1) is 11.8 Å². The number of para-hydroxylation sites is 1. The Balaban J connectivity index is 1.59. The minimum absolute atomic E-state index is 0.219. The molecule has 0 radical (unpaired) electrons. The van der Waals surface area contributed by atoms with Crippen molar-refractivity contribution >= 4 is 11.9 Å². The number of nitrogens with zero attached hydrogens (tertiary/aromatic N) is 1. The topological polar surface area (TPSA) is 76.1 Å². The van der Waals surface area contributed by atoms with Crippen molar-refractivity contribution in [3.8, 4) is 5.75 Å². The zero-order valence-electron chi connectivity index (χ0n) is 18.2. The van der Waals surface area contributed by atoms with Crippen LogP contribution in [0.5, 0.6) is 5.75 Å². The monoisotopic (exact) mass is 425 g/mol. The average Bonchev–Trinajstić information content (AvgIpc) is 2.70. The smallest absolute Gasteiger partial charge is 0.310 e. The van der Waals surface area contributed by atoms with Crippen LogP contribution in [0.4, 0.5) is 0 Å². The molecule has 1 saturated carbocycles. The molecule has 3 atom stereocenters. The van der Waals surface area contributed by atoms with Crippen molar-refractivity contribution in [3.63, 3.8) is 0 Å². The minimum atomic E-state index is -0.930. The Bertz CT molecular complexity index is 867. The molecule has 31 heavy (non-hydrogen) atoms. The number of carbonyl (C=O) groups excluding carboxylic acids is 1. The molecule has 0 spiro atoms. The van der Waals surface area contributed by atoms with E-state index in [0.29, 0.717) is 19.4 Å². The van der Waals surface area contributed by atoms with Crippen LogP contribution in [0.1, 0.15) is 24.0 Å². The van der Waals surface area contributed by atoms with Gasteiger partial charge in [0, 0.05) is 6.54 Å². The third-order valence-corrected chi connectivity index (χ3v) is 5.67. The standard InChI is InChI=1S/C25H31NO5/c1-26(2)16-20(31-25(29)22-15-14-21(22)24(27)28)17-30-23-11-7-6-10-19(23)13-12-18-8-4-3-5-9-18/h3-11,20-22H,12-17H2,1-2H3,(H,27,28). The van der Waals surface area contributed by atoms with E-state index in [4.69, 9.17) is 9.47 Å². The molecular weight excluding hydrogens is 394 g/mol. The van der Waals surface area contributed by atoms with Crippen LogP contribution in [0.25, 0.3) is 0 Å². The van der Waals surface area contributed by atoms with Crippen molar-refractivity contribution < 1.29 is 24.2 Å². The molecule has 6 heteroatoms. The lowest BCUT2D eigenvalue weighted by Gasteiger charge is -2.33. The maximum atomic E-state index is 12.5. The highest BCUT2D eigenvalue weighted by Gasteiger charge is 2.43. The highest BCUT2D eigenvalue weighted by atomic mass is 16.6. The molecule has 3 rings (SSSR count). The number of carbonyl (C=O) groups is 2. The lowest BCUT2D eigenvalue weighted by molar-refractivity contribution is -0.169. The van der Waals surface area contributed by atoms with Crippen LogP contribution >= 0.6 is 0 Å². The van der Waals surface area contributed by atoms with Gasteiger partial charge in [-0.2, -0.15) is 0 Å². The van der Waals surface area contributed by atoms with E-state index in [1.165, 1.54) is 5.56 Å². The third kappa shape index (κ3) is 6.56. The molecule has 166 valence electrons. The summed E-state index contributed by atoms with van der Waals surface area (Å²) in [5, 5.41) is 9.21. The van der Waals surface area contributed by atoms with Crippen LogP contribution in [0.15, 0.2) is 54.6 Å². The molecule has 0 aliphatic heterocycles. The van der Waals surface area contributed by atoms with E-state index in [1.807, 2.05) is 55.4 Å². The molecule has 0 bridgehead atoms. The average molecular weight is 426 g/mol. The molecule has 1 aliphatic rings. The number of ether oxygens (including phenoxy) is 2.